The van der Waals surface area contributed by atoms with Gasteiger partial charge in [-0.2, -0.15) is 0 Å². The van der Waals surface area contributed by atoms with Crippen molar-refractivity contribution in [3.8, 4) is 0 Å². The fraction of sp³-hybridized carbons (Fsp3) is 0.533. The molecule has 0 spiro atoms. The Labute approximate surface area is 110 Å². The van der Waals surface area contributed by atoms with Gasteiger partial charge in [-0.05, 0) is 51.1 Å². The standard InChI is InChI=1S/C15H23NO2/c1-5-18-15(17)14-8-6-13(7-9-14)10-12(2)11-16(3)4/h6-9,12H,5,10-11H2,1-4H3/t12-/m0/s1. The van der Waals surface area contributed by atoms with Crippen LogP contribution in [0.3, 0.4) is 0 Å². The second kappa shape index (κ2) is 7.17. The van der Waals surface area contributed by atoms with E-state index in [4.69, 9.17) is 4.74 Å². The summed E-state index contributed by atoms with van der Waals surface area (Å²) in [5.74, 6) is 0.360. The molecule has 0 bridgehead atoms. The lowest BCUT2D eigenvalue weighted by Gasteiger charge is -2.16. The third kappa shape index (κ3) is 4.88. The first-order valence-corrected chi connectivity index (χ1v) is 6.43. The average molecular weight is 249 g/mol. The first-order chi connectivity index (χ1) is 8.52. The Morgan fingerprint density at radius 3 is 2.39 bits per heavy atom. The minimum Gasteiger partial charge on any atom is -0.462 e. The zero-order valence-corrected chi connectivity index (χ0v) is 11.8. The van der Waals surface area contributed by atoms with Crippen LogP contribution in [0.25, 0.3) is 0 Å². The van der Waals surface area contributed by atoms with Gasteiger partial charge >= 0.3 is 5.97 Å². The number of carbonyl (C=O) groups excluding carboxylic acids is 1. The van der Waals surface area contributed by atoms with Crippen LogP contribution in [0.2, 0.25) is 0 Å². The normalized spacial score (nSPS) is 12.5. The second-order valence-corrected chi connectivity index (χ2v) is 4.99. The van der Waals surface area contributed by atoms with Crippen molar-refractivity contribution < 1.29 is 9.53 Å². The van der Waals surface area contributed by atoms with Gasteiger partial charge in [-0.1, -0.05) is 19.1 Å². The van der Waals surface area contributed by atoms with Gasteiger partial charge in [0, 0.05) is 6.54 Å². The molecular formula is C15H23NO2. The molecule has 1 rings (SSSR count). The number of ether oxygens (including phenoxy) is 1. The molecule has 0 heterocycles. The topological polar surface area (TPSA) is 29.5 Å². The van der Waals surface area contributed by atoms with Gasteiger partial charge in [0.25, 0.3) is 0 Å². The summed E-state index contributed by atoms with van der Waals surface area (Å²) in [6.45, 7) is 5.54. The molecule has 3 heteroatoms. The van der Waals surface area contributed by atoms with Crippen molar-refractivity contribution in [1.82, 2.24) is 4.90 Å². The van der Waals surface area contributed by atoms with Crippen molar-refractivity contribution >= 4 is 5.97 Å². The van der Waals surface area contributed by atoms with Crippen LogP contribution in [0.5, 0.6) is 0 Å². The Kier molecular flexibility index (Phi) is 5.86. The van der Waals surface area contributed by atoms with Crippen molar-refractivity contribution in [3.05, 3.63) is 35.4 Å². The van der Waals surface area contributed by atoms with Crippen molar-refractivity contribution in [3.63, 3.8) is 0 Å². The highest BCUT2D eigenvalue weighted by Crippen LogP contribution is 2.11. The molecule has 0 unspecified atom stereocenters. The van der Waals surface area contributed by atoms with E-state index < -0.39 is 0 Å². The zero-order chi connectivity index (χ0) is 13.5. The van der Waals surface area contributed by atoms with Gasteiger partial charge in [0.2, 0.25) is 0 Å². The van der Waals surface area contributed by atoms with Crippen LogP contribution in [0, 0.1) is 5.92 Å². The quantitative estimate of drug-likeness (QED) is 0.726. The highest BCUT2D eigenvalue weighted by molar-refractivity contribution is 5.89. The molecule has 0 N–H and O–H groups in total. The number of benzene rings is 1. The molecule has 3 nitrogen and oxygen atoms in total. The molecule has 0 saturated heterocycles. The van der Waals surface area contributed by atoms with E-state index in [1.54, 1.807) is 0 Å². The van der Waals surface area contributed by atoms with E-state index in [-0.39, 0.29) is 5.97 Å². The van der Waals surface area contributed by atoms with Crippen LogP contribution in [-0.4, -0.2) is 38.1 Å². The van der Waals surface area contributed by atoms with Gasteiger partial charge in [-0.25, -0.2) is 4.79 Å². The van der Waals surface area contributed by atoms with Gasteiger partial charge in [0.05, 0.1) is 12.2 Å². The minimum absolute atomic E-state index is 0.245. The van der Waals surface area contributed by atoms with Crippen LogP contribution >= 0.6 is 0 Å². The average Bonchev–Trinajstić information content (AvgIpc) is 2.29. The van der Waals surface area contributed by atoms with E-state index in [0.717, 1.165) is 13.0 Å². The Balaban J connectivity index is 2.57. The van der Waals surface area contributed by atoms with Crippen molar-refractivity contribution in [2.45, 2.75) is 20.3 Å². The van der Waals surface area contributed by atoms with Crippen molar-refractivity contribution in [2.24, 2.45) is 5.92 Å². The van der Waals surface area contributed by atoms with Crippen LogP contribution in [0.15, 0.2) is 24.3 Å². The Hall–Kier alpha value is -1.35. The Bertz CT molecular complexity index is 371. The summed E-state index contributed by atoms with van der Waals surface area (Å²) in [5.41, 5.74) is 1.89. The molecule has 1 aromatic carbocycles. The van der Waals surface area contributed by atoms with Gasteiger partial charge in [0.1, 0.15) is 0 Å². The number of carbonyl (C=O) groups is 1. The smallest absolute Gasteiger partial charge is 0.338 e. The number of hydrogen-bond acceptors (Lipinski definition) is 3. The number of hydrogen-bond donors (Lipinski definition) is 0. The molecule has 0 aliphatic carbocycles. The largest absolute Gasteiger partial charge is 0.462 e. The zero-order valence-electron chi connectivity index (χ0n) is 11.8. The van der Waals surface area contributed by atoms with Crippen molar-refractivity contribution in [1.29, 1.82) is 0 Å². The number of rotatable bonds is 6. The number of nitrogens with zero attached hydrogens (tertiary/aromatic N) is 1. The summed E-state index contributed by atoms with van der Waals surface area (Å²) in [6, 6.07) is 7.71. The van der Waals surface area contributed by atoms with E-state index in [1.807, 2.05) is 31.2 Å². The van der Waals surface area contributed by atoms with Gasteiger partial charge in [-0.15, -0.1) is 0 Å². The molecule has 100 valence electrons. The Morgan fingerprint density at radius 2 is 1.89 bits per heavy atom. The lowest BCUT2D eigenvalue weighted by molar-refractivity contribution is 0.0526. The number of esters is 1. The first-order valence-electron chi connectivity index (χ1n) is 6.43. The first kappa shape index (κ1) is 14.7. The fourth-order valence-corrected chi connectivity index (χ4v) is 2.08. The molecule has 0 amide bonds. The summed E-state index contributed by atoms with van der Waals surface area (Å²) in [6.07, 6.45) is 1.03. The van der Waals surface area contributed by atoms with Gasteiger partial charge in [0.15, 0.2) is 0 Å². The summed E-state index contributed by atoms with van der Waals surface area (Å²) in [7, 11) is 4.17. The lowest BCUT2D eigenvalue weighted by atomic mass is 10.00. The van der Waals surface area contributed by atoms with E-state index in [0.29, 0.717) is 18.1 Å². The van der Waals surface area contributed by atoms with E-state index >= 15 is 0 Å². The third-order valence-corrected chi connectivity index (χ3v) is 2.73. The lowest BCUT2D eigenvalue weighted by Crippen LogP contribution is -2.21. The Morgan fingerprint density at radius 1 is 1.28 bits per heavy atom. The maximum Gasteiger partial charge on any atom is 0.338 e. The monoisotopic (exact) mass is 249 g/mol. The van der Waals surface area contributed by atoms with E-state index in [9.17, 15) is 4.79 Å². The van der Waals surface area contributed by atoms with Crippen molar-refractivity contribution in [2.75, 3.05) is 27.2 Å². The predicted molar refractivity (Wildman–Crippen MR) is 73.8 cm³/mol. The summed E-state index contributed by atoms with van der Waals surface area (Å²) < 4.78 is 4.96. The molecule has 1 atom stereocenters. The SMILES string of the molecule is CCOC(=O)c1ccc(C[C@H](C)CN(C)C)cc1. The molecule has 0 aliphatic heterocycles. The van der Waals surface area contributed by atoms with Crippen LogP contribution < -0.4 is 0 Å². The van der Waals surface area contributed by atoms with E-state index in [2.05, 4.69) is 25.9 Å². The molecule has 0 aliphatic rings. The molecule has 1 aromatic rings. The predicted octanol–water partition coefficient (Wildman–Crippen LogP) is 2.60. The highest BCUT2D eigenvalue weighted by Gasteiger charge is 2.08. The highest BCUT2D eigenvalue weighted by atomic mass is 16.5. The summed E-state index contributed by atoms with van der Waals surface area (Å²) in [5, 5.41) is 0. The molecule has 0 fully saturated rings. The molecule has 0 saturated carbocycles. The summed E-state index contributed by atoms with van der Waals surface area (Å²) in [4.78, 5) is 13.7. The van der Waals surface area contributed by atoms with E-state index in [1.165, 1.54) is 5.56 Å². The summed E-state index contributed by atoms with van der Waals surface area (Å²) >= 11 is 0. The second-order valence-electron chi connectivity index (χ2n) is 4.99. The molecular weight excluding hydrogens is 226 g/mol. The minimum atomic E-state index is -0.245. The maximum absolute atomic E-state index is 11.5. The molecule has 18 heavy (non-hydrogen) atoms. The van der Waals surface area contributed by atoms with Crippen LogP contribution in [0.1, 0.15) is 29.8 Å². The molecule has 0 radical (unpaired) electrons. The fourth-order valence-electron chi connectivity index (χ4n) is 2.08. The van der Waals surface area contributed by atoms with Crippen LogP contribution in [0.4, 0.5) is 0 Å². The third-order valence-electron chi connectivity index (χ3n) is 2.73. The van der Waals surface area contributed by atoms with Gasteiger partial charge in [-0.3, -0.25) is 0 Å². The maximum atomic E-state index is 11.5. The van der Waals surface area contributed by atoms with Gasteiger partial charge < -0.3 is 9.64 Å². The molecule has 0 aromatic heterocycles. The van der Waals surface area contributed by atoms with Crippen LogP contribution in [-0.2, 0) is 11.2 Å².